The van der Waals surface area contributed by atoms with Crippen LogP contribution in [-0.2, 0) is 9.84 Å². The molecule has 2 aromatic rings. The first-order valence-corrected chi connectivity index (χ1v) is 9.38. The highest BCUT2D eigenvalue weighted by Crippen LogP contribution is 2.27. The summed E-state index contributed by atoms with van der Waals surface area (Å²) in [6.45, 7) is 0. The molecule has 1 aromatic heterocycles. The first-order chi connectivity index (χ1) is 10.3. The van der Waals surface area contributed by atoms with E-state index in [9.17, 15) is 8.42 Å². The smallest absolute Gasteiger partial charge is 0.191 e. The molecule has 118 valence electrons. The Hall–Kier alpha value is -1.22. The molecule has 6 nitrogen and oxygen atoms in total. The van der Waals surface area contributed by atoms with Gasteiger partial charge in [0.25, 0.3) is 0 Å². The van der Waals surface area contributed by atoms with E-state index in [1.165, 1.54) is 24.3 Å². The molecule has 2 rings (SSSR count). The van der Waals surface area contributed by atoms with E-state index in [0.29, 0.717) is 10.2 Å². The van der Waals surface area contributed by atoms with Gasteiger partial charge in [-0.25, -0.2) is 18.4 Å². The number of thioether (sulfide) groups is 1. The van der Waals surface area contributed by atoms with Crippen LogP contribution in [-0.4, -0.2) is 29.9 Å². The van der Waals surface area contributed by atoms with Crippen LogP contribution in [0, 0.1) is 0 Å². The van der Waals surface area contributed by atoms with Crippen LogP contribution in [0.25, 0.3) is 0 Å². The van der Waals surface area contributed by atoms with Crippen molar-refractivity contribution in [2.24, 2.45) is 0 Å². The van der Waals surface area contributed by atoms with Gasteiger partial charge in [0.05, 0.1) is 15.7 Å². The zero-order valence-corrected chi connectivity index (χ0v) is 14.3. The van der Waals surface area contributed by atoms with Crippen molar-refractivity contribution in [1.29, 1.82) is 0 Å². The van der Waals surface area contributed by atoms with Gasteiger partial charge >= 0.3 is 0 Å². The quantitative estimate of drug-likeness (QED) is 0.606. The molecular weight excluding hydrogens is 367 g/mol. The first-order valence-electron chi connectivity index (χ1n) is 5.98. The molecule has 0 radical (unpaired) electrons. The molecule has 0 spiro atoms. The van der Waals surface area contributed by atoms with Crippen LogP contribution in [0.2, 0.25) is 10.0 Å². The van der Waals surface area contributed by atoms with Gasteiger partial charge in [0.1, 0.15) is 11.6 Å². The average Bonchev–Trinajstić information content (AvgIpc) is 2.40. The molecule has 0 unspecified atom stereocenters. The van der Waals surface area contributed by atoms with Crippen molar-refractivity contribution >= 4 is 56.4 Å². The highest BCUT2D eigenvalue weighted by atomic mass is 35.5. The van der Waals surface area contributed by atoms with E-state index >= 15 is 0 Å². The number of nitrogens with zero attached hydrogens (tertiary/aromatic N) is 2. The van der Waals surface area contributed by atoms with Crippen LogP contribution in [0.4, 0.5) is 11.6 Å². The van der Waals surface area contributed by atoms with Crippen molar-refractivity contribution in [1.82, 2.24) is 9.97 Å². The maximum Gasteiger partial charge on any atom is 0.191 e. The maximum atomic E-state index is 12.3. The fraction of sp³-hybridized carbons (Fsp3) is 0.167. The summed E-state index contributed by atoms with van der Waals surface area (Å²) in [5.41, 5.74) is 11.1. The fourth-order valence-electron chi connectivity index (χ4n) is 1.59. The van der Waals surface area contributed by atoms with E-state index in [0.717, 1.165) is 11.8 Å². The van der Waals surface area contributed by atoms with Gasteiger partial charge in [0.2, 0.25) is 0 Å². The minimum Gasteiger partial charge on any atom is -0.383 e. The standard InChI is InChI=1S/C12H12Cl2N4O2S2/c13-7-1-2-8(14)9(5-7)22(19,20)4-3-21-12-17-10(15)6-11(16)18-12/h1-2,5-6H,3-4H2,(H4,15,16,17,18). The summed E-state index contributed by atoms with van der Waals surface area (Å²) in [4.78, 5) is 7.94. The summed E-state index contributed by atoms with van der Waals surface area (Å²) in [6, 6.07) is 5.73. The van der Waals surface area contributed by atoms with E-state index in [1.807, 2.05) is 0 Å². The molecule has 0 bridgehead atoms. The van der Waals surface area contributed by atoms with E-state index in [-0.39, 0.29) is 33.1 Å². The Bertz CT molecular complexity index is 779. The maximum absolute atomic E-state index is 12.3. The van der Waals surface area contributed by atoms with Gasteiger partial charge in [-0.15, -0.1) is 0 Å². The Morgan fingerprint density at radius 3 is 2.36 bits per heavy atom. The number of rotatable bonds is 5. The molecule has 1 aromatic carbocycles. The molecule has 0 aliphatic carbocycles. The third-order valence-corrected chi connectivity index (χ3v) is 6.09. The Labute approximate surface area is 142 Å². The number of nitrogens with two attached hydrogens (primary N) is 2. The van der Waals surface area contributed by atoms with Crippen LogP contribution in [0.3, 0.4) is 0 Å². The second-order valence-electron chi connectivity index (χ2n) is 4.24. The van der Waals surface area contributed by atoms with E-state index in [4.69, 9.17) is 34.7 Å². The summed E-state index contributed by atoms with van der Waals surface area (Å²) >= 11 is 12.9. The van der Waals surface area contributed by atoms with E-state index in [2.05, 4.69) is 9.97 Å². The summed E-state index contributed by atoms with van der Waals surface area (Å²) < 4.78 is 24.6. The molecule has 0 aliphatic heterocycles. The minimum absolute atomic E-state index is 0.00951. The third-order valence-electron chi connectivity index (χ3n) is 2.56. The van der Waals surface area contributed by atoms with Crippen molar-refractivity contribution in [2.75, 3.05) is 23.0 Å². The molecule has 10 heteroatoms. The van der Waals surface area contributed by atoms with Gasteiger partial charge in [0, 0.05) is 16.8 Å². The highest BCUT2D eigenvalue weighted by molar-refractivity contribution is 8.00. The van der Waals surface area contributed by atoms with Gasteiger partial charge in [-0.3, -0.25) is 0 Å². The summed E-state index contributed by atoms with van der Waals surface area (Å²) in [5, 5.41) is 0.770. The van der Waals surface area contributed by atoms with E-state index < -0.39 is 9.84 Å². The second-order valence-corrected chi connectivity index (χ2v) is 8.23. The monoisotopic (exact) mass is 378 g/mol. The third kappa shape index (κ3) is 4.39. The normalized spacial score (nSPS) is 11.5. The van der Waals surface area contributed by atoms with Gasteiger partial charge in [-0.2, -0.15) is 0 Å². The number of nitrogen functional groups attached to an aromatic ring is 2. The summed E-state index contributed by atoms with van der Waals surface area (Å²) in [7, 11) is -3.56. The first kappa shape index (κ1) is 17.1. The van der Waals surface area contributed by atoms with Crippen molar-refractivity contribution in [2.45, 2.75) is 10.1 Å². The van der Waals surface area contributed by atoms with Crippen LogP contribution >= 0.6 is 35.0 Å². The second kappa shape index (κ2) is 6.91. The Kier molecular flexibility index (Phi) is 5.38. The lowest BCUT2D eigenvalue weighted by Gasteiger charge is -2.07. The lowest BCUT2D eigenvalue weighted by Crippen LogP contribution is -2.10. The Morgan fingerprint density at radius 1 is 1.09 bits per heavy atom. The topological polar surface area (TPSA) is 112 Å². The van der Waals surface area contributed by atoms with Crippen LogP contribution in [0.1, 0.15) is 0 Å². The van der Waals surface area contributed by atoms with Crippen LogP contribution in [0.15, 0.2) is 34.3 Å². The number of aromatic nitrogens is 2. The van der Waals surface area contributed by atoms with Crippen LogP contribution in [0.5, 0.6) is 0 Å². The molecular formula is C12H12Cl2N4O2S2. The van der Waals surface area contributed by atoms with Gasteiger partial charge in [0.15, 0.2) is 15.0 Å². The Morgan fingerprint density at radius 2 is 1.73 bits per heavy atom. The molecule has 4 N–H and O–H groups in total. The number of sulfone groups is 1. The van der Waals surface area contributed by atoms with Crippen LogP contribution < -0.4 is 11.5 Å². The SMILES string of the molecule is Nc1cc(N)nc(SCCS(=O)(=O)c2cc(Cl)ccc2Cl)n1. The highest BCUT2D eigenvalue weighted by Gasteiger charge is 2.19. The molecule has 0 atom stereocenters. The number of anilines is 2. The number of benzene rings is 1. The van der Waals surface area contributed by atoms with Gasteiger partial charge < -0.3 is 11.5 Å². The van der Waals surface area contributed by atoms with Crippen molar-refractivity contribution in [3.63, 3.8) is 0 Å². The summed E-state index contributed by atoms with van der Waals surface area (Å²) in [5.74, 6) is 0.552. The van der Waals surface area contributed by atoms with E-state index in [1.54, 1.807) is 0 Å². The van der Waals surface area contributed by atoms with Crippen molar-refractivity contribution in [3.8, 4) is 0 Å². The van der Waals surface area contributed by atoms with Crippen molar-refractivity contribution in [3.05, 3.63) is 34.3 Å². The molecule has 0 saturated carbocycles. The molecule has 0 amide bonds. The largest absolute Gasteiger partial charge is 0.383 e. The number of hydrogen-bond acceptors (Lipinski definition) is 7. The predicted octanol–water partition coefficient (Wildman–Crippen LogP) is 2.51. The van der Waals surface area contributed by atoms with Gasteiger partial charge in [-0.1, -0.05) is 35.0 Å². The number of halogens is 2. The molecule has 22 heavy (non-hydrogen) atoms. The average molecular weight is 379 g/mol. The fourth-order valence-corrected chi connectivity index (χ4v) is 4.93. The lowest BCUT2D eigenvalue weighted by molar-refractivity contribution is 0.597. The zero-order chi connectivity index (χ0) is 16.3. The predicted molar refractivity (Wildman–Crippen MR) is 90.1 cm³/mol. The molecule has 0 aliphatic rings. The molecule has 0 saturated heterocycles. The lowest BCUT2D eigenvalue weighted by atomic mass is 10.4. The number of hydrogen-bond donors (Lipinski definition) is 2. The van der Waals surface area contributed by atoms with Gasteiger partial charge in [-0.05, 0) is 18.2 Å². The minimum atomic E-state index is -3.56. The Balaban J connectivity index is 2.08. The zero-order valence-electron chi connectivity index (χ0n) is 11.2. The molecule has 0 fully saturated rings. The van der Waals surface area contributed by atoms with Crippen molar-refractivity contribution < 1.29 is 8.42 Å². The molecule has 1 heterocycles. The summed E-state index contributed by atoms with van der Waals surface area (Å²) in [6.07, 6.45) is 0.